The molecule has 3 aliphatic carbocycles. The summed E-state index contributed by atoms with van der Waals surface area (Å²) < 4.78 is 4.83. The minimum atomic E-state index is -0.706. The number of fused-ring (bicyclic) bond motifs is 16. The first-order chi connectivity index (χ1) is 30.6. The number of nitrogens with zero attached hydrogens (tertiary/aromatic N) is 4. The van der Waals surface area contributed by atoms with Crippen LogP contribution in [0.3, 0.4) is 0 Å². The highest BCUT2D eigenvalue weighted by Gasteiger charge is 2.52. The van der Waals surface area contributed by atoms with Crippen molar-refractivity contribution in [2.24, 2.45) is 0 Å². The Kier molecular flexibility index (Phi) is 7.08. The van der Waals surface area contributed by atoms with Crippen LogP contribution in [0.5, 0.6) is 0 Å². The molecule has 4 nitrogen and oxygen atoms in total. The van der Waals surface area contributed by atoms with Crippen LogP contribution < -0.4 is 0 Å². The number of rotatable bonds is 3. The molecular weight excluding hydrogens is 753 g/mol. The summed E-state index contributed by atoms with van der Waals surface area (Å²) in [4.78, 5) is 0. The van der Waals surface area contributed by atoms with E-state index in [4.69, 9.17) is 0 Å². The minimum Gasteiger partial charge on any atom is -0.310 e. The summed E-state index contributed by atoms with van der Waals surface area (Å²) in [6.45, 7) is 2.35. The maximum Gasteiger partial charge on any atom is 0.0991 e. The van der Waals surface area contributed by atoms with E-state index in [1.807, 2.05) is 12.1 Å². The maximum atomic E-state index is 10.2. The van der Waals surface area contributed by atoms with Crippen molar-refractivity contribution in [2.45, 2.75) is 24.7 Å². The monoisotopic (exact) mass is 788 g/mol. The lowest BCUT2D eigenvalue weighted by Gasteiger charge is -2.31. The second kappa shape index (κ2) is 12.7. The Balaban J connectivity index is 1.02. The zero-order valence-corrected chi connectivity index (χ0v) is 33.9. The number of hydrogen-bond acceptors (Lipinski definition) is 2. The number of allylic oxidation sites excluding steroid dienone is 1. The van der Waals surface area contributed by atoms with Gasteiger partial charge in [-0.1, -0.05) is 104 Å². The lowest BCUT2D eigenvalue weighted by molar-refractivity contribution is 0.773. The Morgan fingerprint density at radius 2 is 1.06 bits per heavy atom. The standard InChI is InChI=1S/C58H36N4/c1-35-10-9-17-56-57(35)48-31-39(21-27-55(48)61(56)40-11-3-2-4-12-40)38-20-26-54-47(30-38)46-14-6-8-16-53(46)62(54)41-22-25-45-42-13-5-7-15-49(42)58(52(45)32-41)50-28-36(33-59)18-23-43(50)44-24-19-37(34-60)29-51(44)58/h2-9,11-32,35H,10H2,1H3. The molecule has 4 heteroatoms. The molecule has 0 amide bonds. The fourth-order valence-corrected chi connectivity index (χ4v) is 11.4. The molecule has 13 rings (SSSR count). The zero-order valence-electron chi connectivity index (χ0n) is 33.9. The van der Waals surface area contributed by atoms with Crippen LogP contribution in [0.4, 0.5) is 0 Å². The predicted octanol–water partition coefficient (Wildman–Crippen LogP) is 14.0. The number of para-hydroxylation sites is 2. The van der Waals surface area contributed by atoms with Crippen LogP contribution >= 0.6 is 0 Å². The van der Waals surface area contributed by atoms with Crippen molar-refractivity contribution in [3.05, 3.63) is 221 Å². The van der Waals surface area contributed by atoms with Crippen molar-refractivity contribution >= 4 is 38.8 Å². The molecule has 2 heterocycles. The van der Waals surface area contributed by atoms with Gasteiger partial charge in [-0.2, -0.15) is 10.5 Å². The molecule has 8 aromatic carbocycles. The van der Waals surface area contributed by atoms with Crippen LogP contribution in [0.25, 0.3) is 83.5 Å². The molecule has 62 heavy (non-hydrogen) atoms. The molecule has 0 N–H and O–H groups in total. The van der Waals surface area contributed by atoms with E-state index in [0.29, 0.717) is 17.0 Å². The third-order valence-corrected chi connectivity index (χ3v) is 14.0. The quantitative estimate of drug-likeness (QED) is 0.179. The largest absolute Gasteiger partial charge is 0.310 e. The topological polar surface area (TPSA) is 57.4 Å². The van der Waals surface area contributed by atoms with Gasteiger partial charge in [0.1, 0.15) is 0 Å². The van der Waals surface area contributed by atoms with E-state index in [9.17, 15) is 10.5 Å². The Morgan fingerprint density at radius 3 is 1.79 bits per heavy atom. The predicted molar refractivity (Wildman–Crippen MR) is 251 cm³/mol. The summed E-state index contributed by atoms with van der Waals surface area (Å²) in [5, 5.41) is 24.1. The van der Waals surface area contributed by atoms with Crippen molar-refractivity contribution in [1.82, 2.24) is 9.13 Å². The van der Waals surface area contributed by atoms with Gasteiger partial charge in [0.15, 0.2) is 0 Å². The van der Waals surface area contributed by atoms with Crippen LogP contribution in [-0.2, 0) is 5.41 Å². The third-order valence-electron chi connectivity index (χ3n) is 14.0. The molecular formula is C58H36N4. The lowest BCUT2D eigenvalue weighted by atomic mass is 9.70. The van der Waals surface area contributed by atoms with E-state index in [1.165, 1.54) is 66.4 Å². The summed E-state index contributed by atoms with van der Waals surface area (Å²) >= 11 is 0. The molecule has 10 aromatic rings. The summed E-state index contributed by atoms with van der Waals surface area (Å²) in [5.41, 5.74) is 20.4. The summed E-state index contributed by atoms with van der Waals surface area (Å²) in [7, 11) is 0. The first-order valence-corrected chi connectivity index (χ1v) is 21.3. The third kappa shape index (κ3) is 4.48. The van der Waals surface area contributed by atoms with Gasteiger partial charge in [0.2, 0.25) is 0 Å². The average molecular weight is 789 g/mol. The lowest BCUT2D eigenvalue weighted by Crippen LogP contribution is -2.26. The maximum absolute atomic E-state index is 10.2. The van der Waals surface area contributed by atoms with E-state index in [-0.39, 0.29) is 0 Å². The molecule has 1 unspecified atom stereocenters. The van der Waals surface area contributed by atoms with Gasteiger partial charge in [-0.15, -0.1) is 0 Å². The number of nitriles is 2. The van der Waals surface area contributed by atoms with Crippen LogP contribution in [-0.4, -0.2) is 9.13 Å². The smallest absolute Gasteiger partial charge is 0.0991 e. The summed E-state index contributed by atoms with van der Waals surface area (Å²) in [6.07, 6.45) is 5.66. The molecule has 1 atom stereocenters. The average Bonchev–Trinajstić information content (AvgIpc) is 4.03. The molecule has 0 radical (unpaired) electrons. The van der Waals surface area contributed by atoms with Crippen molar-refractivity contribution in [2.75, 3.05) is 0 Å². The van der Waals surface area contributed by atoms with Gasteiger partial charge in [-0.25, -0.2) is 0 Å². The number of aromatic nitrogens is 2. The van der Waals surface area contributed by atoms with E-state index in [2.05, 4.69) is 198 Å². The Morgan fingerprint density at radius 1 is 0.484 bits per heavy atom. The van der Waals surface area contributed by atoms with Crippen molar-refractivity contribution in [3.8, 4) is 56.9 Å². The first kappa shape index (κ1) is 34.7. The molecule has 0 saturated heterocycles. The van der Waals surface area contributed by atoms with Crippen LogP contribution in [0.15, 0.2) is 176 Å². The fraction of sp³-hybridized carbons (Fsp3) is 0.0690. The van der Waals surface area contributed by atoms with Gasteiger partial charge in [0.05, 0.1) is 45.2 Å². The molecule has 0 saturated carbocycles. The Hall–Kier alpha value is -8.18. The van der Waals surface area contributed by atoms with Crippen molar-refractivity contribution in [3.63, 3.8) is 0 Å². The molecule has 1 spiro atoms. The highest BCUT2D eigenvalue weighted by molar-refractivity contribution is 6.11. The normalized spacial score (nSPS) is 15.0. The van der Waals surface area contributed by atoms with Crippen LogP contribution in [0.1, 0.15) is 63.9 Å². The summed E-state index contributed by atoms with van der Waals surface area (Å²) in [5.74, 6) is 0.422. The summed E-state index contributed by atoms with van der Waals surface area (Å²) in [6, 6.07) is 66.0. The molecule has 0 aliphatic heterocycles. The van der Waals surface area contributed by atoms with Gasteiger partial charge < -0.3 is 9.13 Å². The molecule has 0 fully saturated rings. The molecule has 2 aromatic heterocycles. The fourth-order valence-electron chi connectivity index (χ4n) is 11.4. The molecule has 3 aliphatic rings. The highest BCUT2D eigenvalue weighted by Crippen LogP contribution is 2.63. The van der Waals surface area contributed by atoms with Gasteiger partial charge >= 0.3 is 0 Å². The highest BCUT2D eigenvalue weighted by atomic mass is 15.0. The van der Waals surface area contributed by atoms with E-state index in [1.54, 1.807) is 0 Å². The van der Waals surface area contributed by atoms with Crippen molar-refractivity contribution < 1.29 is 0 Å². The van der Waals surface area contributed by atoms with Gasteiger partial charge in [-0.3, -0.25) is 0 Å². The minimum absolute atomic E-state index is 0.422. The van der Waals surface area contributed by atoms with Crippen molar-refractivity contribution in [1.29, 1.82) is 10.5 Å². The number of benzene rings is 8. The van der Waals surface area contributed by atoms with E-state index < -0.39 is 5.41 Å². The Bertz CT molecular complexity index is 3650. The van der Waals surface area contributed by atoms with Gasteiger partial charge in [0.25, 0.3) is 0 Å². The van der Waals surface area contributed by atoms with Crippen LogP contribution in [0, 0.1) is 22.7 Å². The Labute approximate surface area is 359 Å². The second-order valence-corrected chi connectivity index (χ2v) is 17.1. The first-order valence-electron chi connectivity index (χ1n) is 21.3. The van der Waals surface area contributed by atoms with E-state index >= 15 is 0 Å². The van der Waals surface area contributed by atoms with Crippen LogP contribution in [0.2, 0.25) is 0 Å². The van der Waals surface area contributed by atoms with E-state index in [0.717, 1.165) is 51.0 Å². The number of hydrogen-bond donors (Lipinski definition) is 0. The molecule has 288 valence electrons. The SMILES string of the molecule is CC1CC=Cc2c1c1cc(-c3ccc4c(c3)c3ccccc3n4-c3ccc4c(c3)C3(c5ccccc5-4)c4cc(C#N)ccc4-c4ccc(C#N)cc43)ccc1n2-c1ccccc1. The second-order valence-electron chi connectivity index (χ2n) is 17.1. The van der Waals surface area contributed by atoms with Gasteiger partial charge in [0, 0.05) is 33.2 Å². The zero-order chi connectivity index (χ0) is 41.3. The molecule has 0 bridgehead atoms. The van der Waals surface area contributed by atoms with Gasteiger partial charge in [-0.05, 0) is 158 Å².